The minimum atomic E-state index is -0.164. The molecule has 0 radical (unpaired) electrons. The summed E-state index contributed by atoms with van der Waals surface area (Å²) >= 11 is 9.88. The van der Waals surface area contributed by atoms with Crippen LogP contribution in [0.4, 0.5) is 0 Å². The van der Waals surface area contributed by atoms with Gasteiger partial charge in [-0.05, 0) is 53.0 Å². The molecule has 0 atom stereocenters. The molecule has 4 nitrogen and oxygen atoms in total. The second-order valence-corrected chi connectivity index (χ2v) is 8.80. The standard InChI is InChI=1S/C20H26BrNO3S2/c1-3-5-6-7-8-9-10-25-18-15(21)11-14(12-16(18)24-4-2)13-17-19(23)22-20(26)27-17/h11-13H,3-10H2,1-2H3,(H,22,23,26)/b17-13+. The summed E-state index contributed by atoms with van der Waals surface area (Å²) in [6, 6.07) is 3.83. The first kappa shape index (κ1) is 22.2. The van der Waals surface area contributed by atoms with Crippen LogP contribution in [0.5, 0.6) is 11.5 Å². The first-order valence-electron chi connectivity index (χ1n) is 9.39. The molecule has 1 saturated heterocycles. The fourth-order valence-corrected chi connectivity index (χ4v) is 4.32. The van der Waals surface area contributed by atoms with Gasteiger partial charge in [-0.15, -0.1) is 0 Å². The van der Waals surface area contributed by atoms with Gasteiger partial charge in [-0.3, -0.25) is 4.79 Å². The number of hydrogen-bond donors (Lipinski definition) is 1. The molecule has 27 heavy (non-hydrogen) atoms. The van der Waals surface area contributed by atoms with Crippen molar-refractivity contribution in [3.05, 3.63) is 27.1 Å². The fraction of sp³-hybridized carbons (Fsp3) is 0.500. The molecule has 0 bridgehead atoms. The number of halogens is 1. The second-order valence-electron chi connectivity index (χ2n) is 6.23. The fourth-order valence-electron chi connectivity index (χ4n) is 2.70. The second kappa shape index (κ2) is 11.7. The van der Waals surface area contributed by atoms with Crippen LogP contribution in [-0.2, 0) is 4.79 Å². The summed E-state index contributed by atoms with van der Waals surface area (Å²) in [4.78, 5) is 12.4. The zero-order valence-corrected chi connectivity index (χ0v) is 19.0. The Balaban J connectivity index is 2.04. The van der Waals surface area contributed by atoms with Crippen molar-refractivity contribution in [1.82, 2.24) is 5.32 Å². The van der Waals surface area contributed by atoms with E-state index in [9.17, 15) is 4.79 Å². The Morgan fingerprint density at radius 1 is 1.15 bits per heavy atom. The maximum Gasteiger partial charge on any atom is 0.263 e. The summed E-state index contributed by atoms with van der Waals surface area (Å²) in [5.74, 6) is 1.23. The van der Waals surface area contributed by atoms with E-state index in [1.54, 1.807) is 0 Å². The highest BCUT2D eigenvalue weighted by Crippen LogP contribution is 2.38. The first-order valence-corrected chi connectivity index (χ1v) is 11.4. The molecule has 1 amide bonds. The number of thioether (sulfide) groups is 1. The van der Waals surface area contributed by atoms with Gasteiger partial charge >= 0.3 is 0 Å². The topological polar surface area (TPSA) is 47.6 Å². The average Bonchev–Trinajstić information content (AvgIpc) is 2.93. The molecule has 0 aromatic heterocycles. The average molecular weight is 472 g/mol. The van der Waals surface area contributed by atoms with Crippen LogP contribution in [-0.4, -0.2) is 23.4 Å². The van der Waals surface area contributed by atoms with E-state index in [-0.39, 0.29) is 5.91 Å². The summed E-state index contributed by atoms with van der Waals surface area (Å²) in [5, 5.41) is 2.62. The van der Waals surface area contributed by atoms with Gasteiger partial charge in [0.15, 0.2) is 11.5 Å². The summed E-state index contributed by atoms with van der Waals surface area (Å²) in [7, 11) is 0. The van der Waals surface area contributed by atoms with Gasteiger partial charge in [0, 0.05) is 0 Å². The van der Waals surface area contributed by atoms with E-state index in [2.05, 4.69) is 28.2 Å². The number of amides is 1. The van der Waals surface area contributed by atoms with Gasteiger partial charge in [0.05, 0.1) is 22.6 Å². The van der Waals surface area contributed by atoms with Gasteiger partial charge in [-0.1, -0.05) is 63.0 Å². The Morgan fingerprint density at radius 3 is 2.56 bits per heavy atom. The minimum Gasteiger partial charge on any atom is -0.490 e. The molecule has 0 unspecified atom stereocenters. The maximum atomic E-state index is 11.9. The van der Waals surface area contributed by atoms with Crippen LogP contribution in [0.3, 0.4) is 0 Å². The van der Waals surface area contributed by atoms with Crippen molar-refractivity contribution >= 4 is 56.2 Å². The molecule has 0 saturated carbocycles. The minimum absolute atomic E-state index is 0.164. The van der Waals surface area contributed by atoms with Gasteiger partial charge in [0.1, 0.15) is 4.32 Å². The van der Waals surface area contributed by atoms with E-state index in [1.807, 2.05) is 25.1 Å². The molecule has 1 aliphatic heterocycles. The third-order valence-electron chi connectivity index (χ3n) is 4.02. The van der Waals surface area contributed by atoms with Gasteiger partial charge in [0.2, 0.25) is 0 Å². The quantitative estimate of drug-likeness (QED) is 0.240. The summed E-state index contributed by atoms with van der Waals surface area (Å²) in [6.45, 7) is 5.37. The van der Waals surface area contributed by atoms with Gasteiger partial charge in [0.25, 0.3) is 5.91 Å². The highest BCUT2D eigenvalue weighted by atomic mass is 79.9. The lowest BCUT2D eigenvalue weighted by Crippen LogP contribution is -2.17. The zero-order valence-electron chi connectivity index (χ0n) is 15.8. The highest BCUT2D eigenvalue weighted by Gasteiger charge is 2.22. The molecule has 148 valence electrons. The molecule has 2 rings (SSSR count). The van der Waals surface area contributed by atoms with Crippen LogP contribution in [0.2, 0.25) is 0 Å². The molecule has 1 aliphatic rings. The van der Waals surface area contributed by atoms with Crippen LogP contribution >= 0.6 is 39.9 Å². The van der Waals surface area contributed by atoms with Crippen molar-refractivity contribution in [3.63, 3.8) is 0 Å². The molecule has 1 aromatic carbocycles. The van der Waals surface area contributed by atoms with Crippen molar-refractivity contribution in [1.29, 1.82) is 0 Å². The predicted molar refractivity (Wildman–Crippen MR) is 120 cm³/mol. The molecular weight excluding hydrogens is 446 g/mol. The number of thiocarbonyl (C=S) groups is 1. The van der Waals surface area contributed by atoms with E-state index in [0.29, 0.717) is 33.9 Å². The Kier molecular flexibility index (Phi) is 9.65. The zero-order chi connectivity index (χ0) is 19.6. The largest absolute Gasteiger partial charge is 0.490 e. The molecule has 7 heteroatoms. The highest BCUT2D eigenvalue weighted by molar-refractivity contribution is 9.10. The summed E-state index contributed by atoms with van der Waals surface area (Å²) in [6.07, 6.45) is 9.13. The summed E-state index contributed by atoms with van der Waals surface area (Å²) < 4.78 is 13.1. The van der Waals surface area contributed by atoms with Crippen molar-refractivity contribution in [2.24, 2.45) is 0 Å². The van der Waals surface area contributed by atoms with Crippen molar-refractivity contribution < 1.29 is 14.3 Å². The lowest BCUT2D eigenvalue weighted by Gasteiger charge is -2.15. The maximum absolute atomic E-state index is 11.9. The smallest absolute Gasteiger partial charge is 0.263 e. The SMILES string of the molecule is CCCCCCCCOc1c(Br)cc(/C=C2/SC(=S)NC2=O)cc1OCC. The van der Waals surface area contributed by atoms with Gasteiger partial charge < -0.3 is 14.8 Å². The molecule has 1 aromatic rings. The Bertz CT molecular complexity index is 707. The first-order chi connectivity index (χ1) is 13.0. The normalized spacial score (nSPS) is 15.3. The third-order valence-corrected chi connectivity index (χ3v) is 5.77. The lowest BCUT2D eigenvalue weighted by molar-refractivity contribution is -0.115. The van der Waals surface area contributed by atoms with Crippen LogP contribution in [0.15, 0.2) is 21.5 Å². The number of carbonyl (C=O) groups excluding carboxylic acids is 1. The van der Waals surface area contributed by atoms with Gasteiger partial charge in [-0.2, -0.15) is 0 Å². The van der Waals surface area contributed by atoms with Crippen LogP contribution in [0.1, 0.15) is 57.9 Å². The summed E-state index contributed by atoms with van der Waals surface area (Å²) in [5.41, 5.74) is 0.861. The number of unbranched alkanes of at least 4 members (excludes halogenated alkanes) is 5. The predicted octanol–water partition coefficient (Wildman–Crippen LogP) is 6.08. The molecule has 1 heterocycles. The van der Waals surface area contributed by atoms with E-state index in [0.717, 1.165) is 16.5 Å². The third kappa shape index (κ3) is 7.12. The van der Waals surface area contributed by atoms with E-state index >= 15 is 0 Å². The number of rotatable bonds is 11. The van der Waals surface area contributed by atoms with Crippen LogP contribution < -0.4 is 14.8 Å². The van der Waals surface area contributed by atoms with Crippen LogP contribution in [0, 0.1) is 0 Å². The Labute approximate surface area is 179 Å². The molecule has 0 aliphatic carbocycles. The number of benzene rings is 1. The van der Waals surface area contributed by atoms with Crippen molar-refractivity contribution in [2.75, 3.05) is 13.2 Å². The number of nitrogens with one attached hydrogen (secondary N) is 1. The van der Waals surface area contributed by atoms with Crippen LogP contribution in [0.25, 0.3) is 6.08 Å². The monoisotopic (exact) mass is 471 g/mol. The van der Waals surface area contributed by atoms with Crippen molar-refractivity contribution in [2.45, 2.75) is 52.4 Å². The van der Waals surface area contributed by atoms with E-state index in [1.165, 1.54) is 43.9 Å². The lowest BCUT2D eigenvalue weighted by atomic mass is 10.1. The molecule has 1 fully saturated rings. The molecular formula is C20H26BrNO3S2. The van der Waals surface area contributed by atoms with E-state index in [4.69, 9.17) is 21.7 Å². The Hall–Kier alpha value is -1.05. The Morgan fingerprint density at radius 2 is 1.89 bits per heavy atom. The molecule has 1 N–H and O–H groups in total. The van der Waals surface area contributed by atoms with Crippen molar-refractivity contribution in [3.8, 4) is 11.5 Å². The number of hydrogen-bond acceptors (Lipinski definition) is 5. The van der Waals surface area contributed by atoms with Gasteiger partial charge in [-0.25, -0.2) is 0 Å². The number of carbonyl (C=O) groups is 1. The molecule has 0 spiro atoms. The van der Waals surface area contributed by atoms with E-state index < -0.39 is 0 Å². The number of ether oxygens (including phenoxy) is 2.